The number of anilines is 1. The van der Waals surface area contributed by atoms with Crippen LogP contribution in [0.5, 0.6) is 0 Å². The molecule has 2 aromatic rings. The van der Waals surface area contributed by atoms with E-state index in [4.69, 9.17) is 16.6 Å². The third kappa shape index (κ3) is 2.34. The van der Waals surface area contributed by atoms with Crippen molar-refractivity contribution < 1.29 is 4.42 Å². The van der Waals surface area contributed by atoms with Gasteiger partial charge in [0.15, 0.2) is 0 Å². The summed E-state index contributed by atoms with van der Waals surface area (Å²) in [6, 6.07) is 8.13. The van der Waals surface area contributed by atoms with Crippen molar-refractivity contribution in [3.63, 3.8) is 0 Å². The van der Waals surface area contributed by atoms with Crippen molar-refractivity contribution >= 4 is 28.9 Å². The first-order chi connectivity index (χ1) is 8.15. The summed E-state index contributed by atoms with van der Waals surface area (Å²) in [5.41, 5.74) is 2.06. The molecule has 0 N–H and O–H groups in total. The number of rotatable bonds is 3. The van der Waals surface area contributed by atoms with Crippen molar-refractivity contribution in [2.24, 2.45) is 0 Å². The van der Waals surface area contributed by atoms with Gasteiger partial charge in [-0.15, -0.1) is 0 Å². The molecule has 2 nitrogen and oxygen atoms in total. The number of hydrogen-bond donors (Lipinski definition) is 0. The van der Waals surface area contributed by atoms with E-state index in [1.54, 1.807) is 0 Å². The molecule has 1 heterocycles. The maximum Gasteiger partial charge on any atom is 0.137 e. The molecule has 0 spiro atoms. The van der Waals surface area contributed by atoms with Crippen molar-refractivity contribution in [3.05, 3.63) is 34.5 Å². The highest BCUT2D eigenvalue weighted by Gasteiger charge is 2.05. The lowest BCUT2D eigenvalue weighted by Gasteiger charge is -2.21. The monoisotopic (exact) mass is 247 g/mol. The first-order valence-corrected chi connectivity index (χ1v) is 6.36. The number of fused-ring (bicyclic) bond motifs is 1. The summed E-state index contributed by atoms with van der Waals surface area (Å²) in [7, 11) is 0. The predicted octanol–water partition coefficient (Wildman–Crippen LogP) is 4.32. The molecule has 0 aliphatic heterocycles. The Kier molecular flexibility index (Phi) is 3.48. The van der Waals surface area contributed by atoms with Gasteiger partial charge in [0.2, 0.25) is 0 Å². The topological polar surface area (TPSA) is 16.4 Å². The van der Waals surface area contributed by atoms with Crippen LogP contribution in [0.4, 0.5) is 5.69 Å². The van der Waals surface area contributed by atoms with E-state index in [1.807, 2.05) is 19.1 Å². The summed E-state index contributed by atoms with van der Waals surface area (Å²) in [6.45, 7) is 8.22. The average molecular weight is 247 g/mol. The zero-order chi connectivity index (χ0) is 12.4. The van der Waals surface area contributed by atoms with Crippen LogP contribution in [0.3, 0.4) is 0 Å². The van der Waals surface area contributed by atoms with Crippen LogP contribution in [0.15, 0.2) is 28.7 Å². The van der Waals surface area contributed by atoms with Crippen molar-refractivity contribution in [2.75, 3.05) is 18.0 Å². The maximum absolute atomic E-state index is 5.73. The average Bonchev–Trinajstić information content (AvgIpc) is 2.30. The normalized spacial score (nSPS) is 10.8. The van der Waals surface area contributed by atoms with E-state index >= 15 is 0 Å². The van der Waals surface area contributed by atoms with Gasteiger partial charge in [0.1, 0.15) is 11.3 Å². The number of nitrogens with zero attached hydrogens (tertiary/aromatic N) is 1. The maximum atomic E-state index is 5.73. The van der Waals surface area contributed by atoms with E-state index in [9.17, 15) is 0 Å². The van der Waals surface area contributed by atoms with Crippen molar-refractivity contribution in [3.8, 4) is 0 Å². The van der Waals surface area contributed by atoms with E-state index < -0.39 is 0 Å². The molecular formula is C14H17NOS. The SMILES string of the molecule is CCN(CC)c1ccc2c(=S)cc(C)oc2c1. The Labute approximate surface area is 107 Å². The molecule has 0 saturated carbocycles. The van der Waals surface area contributed by atoms with Gasteiger partial charge in [0.25, 0.3) is 0 Å². The molecule has 0 aliphatic rings. The quantitative estimate of drug-likeness (QED) is 0.752. The van der Waals surface area contributed by atoms with Gasteiger partial charge in [-0.1, -0.05) is 12.2 Å². The van der Waals surface area contributed by atoms with Gasteiger partial charge in [0.05, 0.1) is 4.51 Å². The molecular weight excluding hydrogens is 230 g/mol. The largest absolute Gasteiger partial charge is 0.461 e. The lowest BCUT2D eigenvalue weighted by atomic mass is 10.2. The second-order valence-corrected chi connectivity index (χ2v) is 4.51. The summed E-state index contributed by atoms with van der Waals surface area (Å²) in [5.74, 6) is 0.860. The molecule has 17 heavy (non-hydrogen) atoms. The van der Waals surface area contributed by atoms with E-state index in [0.29, 0.717) is 0 Å². The smallest absolute Gasteiger partial charge is 0.137 e. The van der Waals surface area contributed by atoms with Gasteiger partial charge in [-0.2, -0.15) is 0 Å². The van der Waals surface area contributed by atoms with Gasteiger partial charge >= 0.3 is 0 Å². The van der Waals surface area contributed by atoms with Crippen LogP contribution in [-0.2, 0) is 0 Å². The van der Waals surface area contributed by atoms with E-state index in [2.05, 4.69) is 30.9 Å². The molecule has 0 bridgehead atoms. The molecule has 1 aromatic carbocycles. The summed E-state index contributed by atoms with van der Waals surface area (Å²) < 4.78 is 6.59. The molecule has 0 saturated heterocycles. The second-order valence-electron chi connectivity index (χ2n) is 4.07. The molecule has 90 valence electrons. The third-order valence-corrected chi connectivity index (χ3v) is 3.30. The third-order valence-electron chi connectivity index (χ3n) is 2.96. The van der Waals surface area contributed by atoms with Crippen LogP contribution in [0.25, 0.3) is 11.0 Å². The van der Waals surface area contributed by atoms with Gasteiger partial charge in [-0.3, -0.25) is 0 Å². The fraction of sp³-hybridized carbons (Fsp3) is 0.357. The van der Waals surface area contributed by atoms with E-state index in [-0.39, 0.29) is 0 Å². The Hall–Kier alpha value is -1.35. The van der Waals surface area contributed by atoms with Gasteiger partial charge in [0, 0.05) is 30.2 Å². The Morgan fingerprint density at radius 3 is 2.53 bits per heavy atom. The number of hydrogen-bond acceptors (Lipinski definition) is 3. The van der Waals surface area contributed by atoms with Crippen LogP contribution in [0.2, 0.25) is 0 Å². The van der Waals surface area contributed by atoms with Crippen LogP contribution >= 0.6 is 12.2 Å². The fourth-order valence-corrected chi connectivity index (χ4v) is 2.38. The summed E-state index contributed by atoms with van der Waals surface area (Å²) in [4.78, 5) is 2.29. The Balaban J connectivity index is 2.61. The lowest BCUT2D eigenvalue weighted by Crippen LogP contribution is -2.21. The first kappa shape index (κ1) is 12.1. The van der Waals surface area contributed by atoms with Crippen molar-refractivity contribution in [1.82, 2.24) is 0 Å². The minimum absolute atomic E-state index is 0.856. The van der Waals surface area contributed by atoms with Crippen LogP contribution in [0, 0.1) is 11.4 Å². The zero-order valence-electron chi connectivity index (χ0n) is 10.5. The van der Waals surface area contributed by atoms with Crippen LogP contribution in [-0.4, -0.2) is 13.1 Å². The molecule has 2 rings (SSSR count). The zero-order valence-corrected chi connectivity index (χ0v) is 11.3. The molecule has 0 radical (unpaired) electrons. The highest BCUT2D eigenvalue weighted by Crippen LogP contribution is 2.24. The van der Waals surface area contributed by atoms with Crippen LogP contribution in [0.1, 0.15) is 19.6 Å². The van der Waals surface area contributed by atoms with Gasteiger partial charge in [-0.05, 0) is 39.0 Å². The number of benzene rings is 1. The van der Waals surface area contributed by atoms with Gasteiger partial charge < -0.3 is 9.32 Å². The van der Waals surface area contributed by atoms with Crippen LogP contribution < -0.4 is 4.90 Å². The first-order valence-electron chi connectivity index (χ1n) is 5.95. The molecule has 0 fully saturated rings. The molecule has 0 aliphatic carbocycles. The van der Waals surface area contributed by atoms with Gasteiger partial charge in [-0.25, -0.2) is 0 Å². The van der Waals surface area contributed by atoms with Crippen molar-refractivity contribution in [1.29, 1.82) is 0 Å². The molecule has 0 unspecified atom stereocenters. The fourth-order valence-electron chi connectivity index (χ4n) is 2.05. The second kappa shape index (κ2) is 4.88. The molecule has 0 atom stereocenters. The highest BCUT2D eigenvalue weighted by atomic mass is 32.1. The summed E-state index contributed by atoms with van der Waals surface area (Å²) in [6.07, 6.45) is 0. The molecule has 1 aromatic heterocycles. The minimum atomic E-state index is 0.856. The van der Waals surface area contributed by atoms with E-state index in [1.165, 1.54) is 5.69 Å². The summed E-state index contributed by atoms with van der Waals surface area (Å²) >= 11 is 5.33. The molecule has 3 heteroatoms. The van der Waals surface area contributed by atoms with E-state index in [0.717, 1.165) is 34.3 Å². The molecule has 0 amide bonds. The van der Waals surface area contributed by atoms with Crippen molar-refractivity contribution in [2.45, 2.75) is 20.8 Å². The lowest BCUT2D eigenvalue weighted by molar-refractivity contribution is 0.565. The minimum Gasteiger partial charge on any atom is -0.461 e. The number of aryl methyl sites for hydroxylation is 1. The highest BCUT2D eigenvalue weighted by molar-refractivity contribution is 7.71. The summed E-state index contributed by atoms with van der Waals surface area (Å²) in [5, 5.41) is 1.02. The Morgan fingerprint density at radius 2 is 1.88 bits per heavy atom. The standard InChI is InChI=1S/C14H17NOS/c1-4-15(5-2)11-6-7-12-13(9-11)16-10(3)8-14(12)17/h6-9H,4-5H2,1-3H3. The Bertz CT molecular complexity index is 584. The Morgan fingerprint density at radius 1 is 1.18 bits per heavy atom. The predicted molar refractivity (Wildman–Crippen MR) is 75.3 cm³/mol.